The monoisotopic (exact) mass is 773 g/mol. The van der Waals surface area contributed by atoms with Crippen LogP contribution < -0.4 is 20.4 Å². The predicted molar refractivity (Wildman–Crippen MR) is 213 cm³/mol. The van der Waals surface area contributed by atoms with Crippen LogP contribution in [-0.2, 0) is 28.3 Å². The fourth-order valence-corrected chi connectivity index (χ4v) is 10.9. The lowest BCUT2D eigenvalue weighted by molar-refractivity contribution is -0.120. The minimum absolute atomic E-state index is 0.232. The Morgan fingerprint density at radius 3 is 2.43 bits per heavy atom. The Labute approximate surface area is 321 Å². The van der Waals surface area contributed by atoms with E-state index in [1.165, 1.54) is 10.4 Å². The molecule has 6 heterocycles. The lowest BCUT2D eigenvalue weighted by Crippen LogP contribution is -2.49. The SMILES string of the molecule is CCc1cnc(NC2CCN(S(=O)(=O)c3cccc(N4CCC(CN5CCC(c6ccc7c(N8CCC(=O)NC8=O)nn(C)c7c6)CC5)CC4)c3)CC2)s1. The summed E-state index contributed by atoms with van der Waals surface area (Å²) in [6, 6.07) is 13.9. The molecule has 0 unspecified atom stereocenters. The van der Waals surface area contributed by atoms with Crippen LogP contribution in [0.5, 0.6) is 0 Å². The zero-order chi connectivity index (χ0) is 37.4. The first-order chi connectivity index (χ1) is 26.1. The number of amides is 3. The third-order valence-corrected chi connectivity index (χ3v) is 14.8. The molecule has 4 aliphatic heterocycles. The number of thiazole rings is 1. The van der Waals surface area contributed by atoms with E-state index in [0.717, 1.165) is 99.4 Å². The number of fused-ring (bicyclic) bond motifs is 1. The van der Waals surface area contributed by atoms with Crippen molar-refractivity contribution in [2.45, 2.75) is 75.1 Å². The van der Waals surface area contributed by atoms with Crippen LogP contribution in [0.3, 0.4) is 0 Å². The van der Waals surface area contributed by atoms with Crippen LogP contribution in [0, 0.1) is 5.92 Å². The van der Waals surface area contributed by atoms with Crippen LogP contribution in [0.4, 0.5) is 21.4 Å². The van der Waals surface area contributed by atoms with Crippen molar-refractivity contribution in [1.29, 1.82) is 0 Å². The molecule has 4 saturated heterocycles. The van der Waals surface area contributed by atoms with E-state index in [2.05, 4.69) is 61.7 Å². The molecule has 2 aromatic heterocycles. The molecule has 15 heteroatoms. The molecule has 0 atom stereocenters. The van der Waals surface area contributed by atoms with E-state index in [9.17, 15) is 18.0 Å². The molecule has 0 bridgehead atoms. The number of nitrogens with zero attached hydrogens (tertiary/aromatic N) is 7. The molecule has 2 N–H and O–H groups in total. The summed E-state index contributed by atoms with van der Waals surface area (Å²) in [7, 11) is -1.66. The van der Waals surface area contributed by atoms with E-state index < -0.39 is 16.1 Å². The number of nitrogens with one attached hydrogen (secondary N) is 2. The molecule has 8 rings (SSSR count). The molecule has 13 nitrogen and oxygen atoms in total. The molecule has 4 aliphatic rings. The van der Waals surface area contributed by atoms with Crippen molar-refractivity contribution in [3.05, 3.63) is 59.1 Å². The van der Waals surface area contributed by atoms with Crippen molar-refractivity contribution < 1.29 is 18.0 Å². The molecule has 288 valence electrons. The van der Waals surface area contributed by atoms with Crippen molar-refractivity contribution in [2.75, 3.05) is 67.5 Å². The Bertz CT molecular complexity index is 2090. The van der Waals surface area contributed by atoms with Crippen LogP contribution in [0.25, 0.3) is 10.9 Å². The zero-order valence-corrected chi connectivity index (χ0v) is 32.9. The molecular weight excluding hydrogens is 723 g/mol. The lowest BCUT2D eigenvalue weighted by Gasteiger charge is -2.38. The number of hydrogen-bond donors (Lipinski definition) is 2. The number of carbonyl (C=O) groups excluding carboxylic acids is 2. The van der Waals surface area contributed by atoms with Gasteiger partial charge in [-0.2, -0.15) is 9.40 Å². The molecule has 2 aromatic carbocycles. The number of carbonyl (C=O) groups is 2. The number of sulfonamides is 1. The Morgan fingerprint density at radius 2 is 1.70 bits per heavy atom. The summed E-state index contributed by atoms with van der Waals surface area (Å²) < 4.78 is 30.9. The molecule has 0 aliphatic carbocycles. The highest BCUT2D eigenvalue weighted by Crippen LogP contribution is 2.35. The maximum absolute atomic E-state index is 13.7. The number of rotatable bonds is 10. The highest BCUT2D eigenvalue weighted by atomic mass is 32.2. The first kappa shape index (κ1) is 36.9. The normalized spacial score (nSPS) is 20.6. The van der Waals surface area contributed by atoms with Gasteiger partial charge in [-0.25, -0.2) is 18.2 Å². The summed E-state index contributed by atoms with van der Waals surface area (Å²) in [4.78, 5) is 36.8. The summed E-state index contributed by atoms with van der Waals surface area (Å²) in [5.41, 5.74) is 3.30. The number of hydrogen-bond acceptors (Lipinski definition) is 10. The van der Waals surface area contributed by atoms with Crippen LogP contribution in [0.1, 0.15) is 68.2 Å². The van der Waals surface area contributed by atoms with Gasteiger partial charge in [-0.05, 0) is 106 Å². The van der Waals surface area contributed by atoms with E-state index in [0.29, 0.717) is 42.2 Å². The maximum atomic E-state index is 13.7. The smallest absolute Gasteiger partial charge is 0.329 e. The van der Waals surface area contributed by atoms with Gasteiger partial charge < -0.3 is 15.1 Å². The molecule has 4 aromatic rings. The molecule has 0 spiro atoms. The van der Waals surface area contributed by atoms with Crippen molar-refractivity contribution >= 4 is 60.8 Å². The summed E-state index contributed by atoms with van der Waals surface area (Å²) in [5, 5.41) is 12.4. The number of benzene rings is 2. The van der Waals surface area contributed by atoms with Crippen LogP contribution in [0.15, 0.2) is 53.6 Å². The van der Waals surface area contributed by atoms with Crippen molar-refractivity contribution in [3.8, 4) is 0 Å². The van der Waals surface area contributed by atoms with Gasteiger partial charge in [0.25, 0.3) is 0 Å². The quantitative estimate of drug-likeness (QED) is 0.217. The number of urea groups is 1. The van der Waals surface area contributed by atoms with E-state index in [1.54, 1.807) is 26.6 Å². The van der Waals surface area contributed by atoms with Crippen molar-refractivity contribution in [3.63, 3.8) is 0 Å². The molecular formula is C39H51N9O4S2. The van der Waals surface area contributed by atoms with E-state index in [4.69, 9.17) is 0 Å². The Morgan fingerprint density at radius 1 is 0.926 bits per heavy atom. The molecule has 0 saturated carbocycles. The summed E-state index contributed by atoms with van der Waals surface area (Å²) >= 11 is 1.68. The minimum atomic E-state index is -3.57. The van der Waals surface area contributed by atoms with Gasteiger partial charge in [0.2, 0.25) is 15.9 Å². The van der Waals surface area contributed by atoms with Gasteiger partial charge in [-0.15, -0.1) is 11.3 Å². The Balaban J connectivity index is 0.807. The number of aromatic nitrogens is 3. The molecule has 0 radical (unpaired) electrons. The number of piperidine rings is 3. The third kappa shape index (κ3) is 7.73. The van der Waals surface area contributed by atoms with Crippen LogP contribution >= 0.6 is 11.3 Å². The number of likely N-dealkylation sites (tertiary alicyclic amines) is 1. The second-order valence-corrected chi connectivity index (χ2v) is 18.3. The molecule has 54 heavy (non-hydrogen) atoms. The summed E-state index contributed by atoms with van der Waals surface area (Å²) in [6.07, 6.45) is 9.09. The number of aryl methyl sites for hydroxylation is 2. The third-order valence-electron chi connectivity index (χ3n) is 11.9. The number of anilines is 3. The maximum Gasteiger partial charge on any atom is 0.329 e. The van der Waals surface area contributed by atoms with Gasteiger partial charge in [-0.3, -0.25) is 19.7 Å². The lowest BCUT2D eigenvalue weighted by atomic mass is 9.88. The van der Waals surface area contributed by atoms with Crippen LogP contribution in [-0.4, -0.2) is 103 Å². The fourth-order valence-electron chi connectivity index (χ4n) is 8.61. The van der Waals surface area contributed by atoms with Gasteiger partial charge in [0, 0.05) is 80.9 Å². The molecule has 3 amide bonds. The van der Waals surface area contributed by atoms with Gasteiger partial charge in [0.05, 0.1) is 10.4 Å². The average molecular weight is 774 g/mol. The largest absolute Gasteiger partial charge is 0.371 e. The van der Waals surface area contributed by atoms with E-state index in [1.807, 2.05) is 30.1 Å². The van der Waals surface area contributed by atoms with Gasteiger partial charge in [0.1, 0.15) is 0 Å². The zero-order valence-electron chi connectivity index (χ0n) is 31.2. The van der Waals surface area contributed by atoms with Crippen molar-refractivity contribution in [1.82, 2.24) is 29.3 Å². The van der Waals surface area contributed by atoms with E-state index in [-0.39, 0.29) is 18.4 Å². The van der Waals surface area contributed by atoms with Gasteiger partial charge in [0.15, 0.2) is 10.9 Å². The second kappa shape index (κ2) is 15.6. The van der Waals surface area contributed by atoms with Crippen molar-refractivity contribution in [2.24, 2.45) is 13.0 Å². The topological polar surface area (TPSA) is 136 Å². The predicted octanol–water partition coefficient (Wildman–Crippen LogP) is 5.40. The fraction of sp³-hybridized carbons (Fsp3) is 0.538. The highest BCUT2D eigenvalue weighted by Gasteiger charge is 2.32. The second-order valence-electron chi connectivity index (χ2n) is 15.3. The van der Waals surface area contributed by atoms with Gasteiger partial charge in [-0.1, -0.05) is 19.1 Å². The Hall–Kier alpha value is -4.05. The average Bonchev–Trinajstić information content (AvgIpc) is 3.79. The Kier molecular flexibility index (Phi) is 10.7. The first-order valence-electron chi connectivity index (χ1n) is 19.5. The summed E-state index contributed by atoms with van der Waals surface area (Å²) in [6.45, 7) is 8.57. The van der Waals surface area contributed by atoms with E-state index >= 15 is 0 Å². The summed E-state index contributed by atoms with van der Waals surface area (Å²) in [5.74, 6) is 1.45. The van der Waals surface area contributed by atoms with Gasteiger partial charge >= 0.3 is 6.03 Å². The number of imide groups is 1. The molecule has 4 fully saturated rings. The highest BCUT2D eigenvalue weighted by molar-refractivity contribution is 7.89. The minimum Gasteiger partial charge on any atom is -0.371 e. The first-order valence-corrected chi connectivity index (χ1v) is 21.8. The standard InChI is InChI=1S/C39H51N9O4S2/c1-3-32-25-40-38(53-32)41-30-13-20-47(21-14-30)54(51,52)33-6-4-5-31(24-33)46-18-9-27(10-19-46)26-45-16-11-28(12-17-45)29-7-8-34-35(23-29)44(2)43-37(34)48-22-15-36(49)42-39(48)50/h4-8,23-25,27-28,30H,3,9-22,26H2,1-2H3,(H,40,41)(H,42,49,50). The van der Waals surface area contributed by atoms with Crippen LogP contribution in [0.2, 0.25) is 0 Å².